The van der Waals surface area contributed by atoms with Crippen molar-refractivity contribution in [2.24, 2.45) is 0 Å². The summed E-state index contributed by atoms with van der Waals surface area (Å²) < 4.78 is 5.11. The van der Waals surface area contributed by atoms with Crippen molar-refractivity contribution in [1.29, 1.82) is 0 Å². The Hall–Kier alpha value is -2.04. The van der Waals surface area contributed by atoms with Gasteiger partial charge in [-0.15, -0.1) is 0 Å². The number of benzene rings is 1. The molecular weight excluding hydrogens is 344 g/mol. The van der Waals surface area contributed by atoms with Gasteiger partial charge in [0.25, 0.3) is 0 Å². The Kier molecular flexibility index (Phi) is 7.47. The molecule has 0 heterocycles. The highest BCUT2D eigenvalue weighted by Gasteiger charge is 2.26. The molecule has 0 aromatic heterocycles. The number of aromatic hydroxyl groups is 1. The first kappa shape index (κ1) is 23.0. The number of hydrogen-bond acceptors (Lipinski definition) is 4. The molecule has 1 unspecified atom stereocenters. The number of carboxylic acids is 1. The zero-order chi connectivity index (χ0) is 21.0. The van der Waals surface area contributed by atoms with Crippen molar-refractivity contribution < 1.29 is 24.5 Å². The van der Waals surface area contributed by atoms with E-state index in [0.29, 0.717) is 12.2 Å². The molecule has 0 aliphatic heterocycles. The Labute approximate surface area is 162 Å². The lowest BCUT2D eigenvalue weighted by Crippen LogP contribution is -2.18. The van der Waals surface area contributed by atoms with E-state index in [4.69, 9.17) is 9.84 Å². The Balaban J connectivity index is 2.86. The molecule has 1 aromatic rings. The van der Waals surface area contributed by atoms with Crippen LogP contribution in [0.15, 0.2) is 12.1 Å². The van der Waals surface area contributed by atoms with Gasteiger partial charge in [0, 0.05) is 0 Å². The standard InChI is InChI=1S/C22H34O5/c1-14(27-19(25)13-18(23)24)9-8-10-15-11-16(21(2,3)4)20(26)17(12-15)22(5,6)7/h11-12,14,26H,8-10,13H2,1-7H3,(H,23,24). The van der Waals surface area contributed by atoms with Gasteiger partial charge < -0.3 is 14.9 Å². The zero-order valence-electron chi connectivity index (χ0n) is 17.7. The second-order valence-corrected chi connectivity index (χ2v) is 9.30. The fourth-order valence-corrected chi connectivity index (χ4v) is 3.02. The first-order valence-corrected chi connectivity index (χ1v) is 9.50. The van der Waals surface area contributed by atoms with Gasteiger partial charge >= 0.3 is 11.9 Å². The molecule has 0 radical (unpaired) electrons. The number of phenols is 1. The molecule has 5 nitrogen and oxygen atoms in total. The van der Waals surface area contributed by atoms with Gasteiger partial charge in [-0.25, -0.2) is 0 Å². The van der Waals surface area contributed by atoms with Gasteiger partial charge in [-0.3, -0.25) is 9.59 Å². The van der Waals surface area contributed by atoms with Crippen molar-refractivity contribution in [1.82, 2.24) is 0 Å². The van der Waals surface area contributed by atoms with E-state index in [-0.39, 0.29) is 16.9 Å². The molecule has 27 heavy (non-hydrogen) atoms. The van der Waals surface area contributed by atoms with E-state index < -0.39 is 18.4 Å². The Morgan fingerprint density at radius 2 is 1.52 bits per heavy atom. The molecule has 0 bridgehead atoms. The molecule has 0 saturated heterocycles. The summed E-state index contributed by atoms with van der Waals surface area (Å²) in [6.07, 6.45) is 1.33. The molecule has 0 fully saturated rings. The second kappa shape index (κ2) is 8.77. The van der Waals surface area contributed by atoms with Crippen LogP contribution in [0.1, 0.15) is 84.4 Å². The number of aryl methyl sites for hydroxylation is 1. The SMILES string of the molecule is CC(CCCc1cc(C(C)(C)C)c(O)c(C(C)(C)C)c1)OC(=O)CC(=O)O. The maximum absolute atomic E-state index is 11.4. The molecule has 0 aliphatic rings. The van der Waals surface area contributed by atoms with Crippen molar-refractivity contribution in [3.05, 3.63) is 28.8 Å². The van der Waals surface area contributed by atoms with Crippen LogP contribution in [0.2, 0.25) is 0 Å². The Morgan fingerprint density at radius 1 is 1.04 bits per heavy atom. The molecule has 1 aromatic carbocycles. The summed E-state index contributed by atoms with van der Waals surface area (Å²) >= 11 is 0. The monoisotopic (exact) mass is 378 g/mol. The largest absolute Gasteiger partial charge is 0.507 e. The summed E-state index contributed by atoms with van der Waals surface area (Å²) in [5.74, 6) is -1.51. The summed E-state index contributed by atoms with van der Waals surface area (Å²) in [6, 6.07) is 4.12. The lowest BCUT2D eigenvalue weighted by molar-refractivity contribution is -0.154. The van der Waals surface area contributed by atoms with Crippen LogP contribution in [0.25, 0.3) is 0 Å². The molecule has 0 spiro atoms. The topological polar surface area (TPSA) is 83.8 Å². The van der Waals surface area contributed by atoms with E-state index >= 15 is 0 Å². The second-order valence-electron chi connectivity index (χ2n) is 9.30. The molecule has 1 rings (SSSR count). The average molecular weight is 379 g/mol. The minimum absolute atomic E-state index is 0.167. The van der Waals surface area contributed by atoms with Gasteiger partial charge in [0.1, 0.15) is 12.2 Å². The average Bonchev–Trinajstić information content (AvgIpc) is 2.45. The third kappa shape index (κ3) is 7.24. The molecule has 0 aliphatic carbocycles. The highest BCUT2D eigenvalue weighted by molar-refractivity contribution is 5.90. The predicted molar refractivity (Wildman–Crippen MR) is 106 cm³/mol. The summed E-state index contributed by atoms with van der Waals surface area (Å²) in [6.45, 7) is 14.3. The first-order chi connectivity index (χ1) is 12.2. The number of carboxylic acid groups (broad SMARTS) is 1. The minimum atomic E-state index is -1.18. The number of aliphatic carboxylic acids is 1. The molecule has 2 N–H and O–H groups in total. The highest BCUT2D eigenvalue weighted by Crippen LogP contribution is 2.40. The number of esters is 1. The van der Waals surface area contributed by atoms with Crippen molar-refractivity contribution >= 4 is 11.9 Å². The van der Waals surface area contributed by atoms with Crippen molar-refractivity contribution in [3.8, 4) is 5.75 Å². The van der Waals surface area contributed by atoms with E-state index in [1.807, 2.05) is 0 Å². The smallest absolute Gasteiger partial charge is 0.317 e. The lowest BCUT2D eigenvalue weighted by atomic mass is 9.78. The number of carbonyl (C=O) groups is 2. The van der Waals surface area contributed by atoms with Gasteiger partial charge in [-0.2, -0.15) is 0 Å². The number of ether oxygens (including phenoxy) is 1. The predicted octanol–water partition coefficient (Wildman–Crippen LogP) is 4.72. The fourth-order valence-electron chi connectivity index (χ4n) is 3.02. The molecule has 152 valence electrons. The molecular formula is C22H34O5. The number of phenolic OH excluding ortho intramolecular Hbond substituents is 1. The van der Waals surface area contributed by atoms with Crippen LogP contribution in [0, 0.1) is 0 Å². The zero-order valence-corrected chi connectivity index (χ0v) is 17.7. The van der Waals surface area contributed by atoms with Gasteiger partial charge in [-0.05, 0) is 53.7 Å². The Morgan fingerprint density at radius 3 is 1.93 bits per heavy atom. The van der Waals surface area contributed by atoms with E-state index in [9.17, 15) is 14.7 Å². The van der Waals surface area contributed by atoms with Crippen molar-refractivity contribution in [2.75, 3.05) is 0 Å². The number of carbonyl (C=O) groups excluding carboxylic acids is 1. The summed E-state index contributed by atoms with van der Waals surface area (Å²) in [5, 5.41) is 19.4. The van der Waals surface area contributed by atoms with E-state index in [0.717, 1.165) is 29.5 Å². The van der Waals surface area contributed by atoms with Gasteiger partial charge in [0.05, 0.1) is 6.10 Å². The van der Waals surface area contributed by atoms with Crippen LogP contribution in [0.4, 0.5) is 0 Å². The Bertz CT molecular complexity index is 642. The van der Waals surface area contributed by atoms with Crippen LogP contribution < -0.4 is 0 Å². The third-order valence-corrected chi connectivity index (χ3v) is 4.49. The molecule has 1 atom stereocenters. The normalized spacial score (nSPS) is 13.3. The summed E-state index contributed by atoms with van der Waals surface area (Å²) in [5.41, 5.74) is 2.68. The first-order valence-electron chi connectivity index (χ1n) is 9.50. The number of hydrogen-bond donors (Lipinski definition) is 2. The van der Waals surface area contributed by atoms with E-state index in [1.54, 1.807) is 6.92 Å². The maximum Gasteiger partial charge on any atom is 0.317 e. The van der Waals surface area contributed by atoms with Crippen LogP contribution in [0.3, 0.4) is 0 Å². The van der Waals surface area contributed by atoms with E-state index in [2.05, 4.69) is 53.7 Å². The lowest BCUT2D eigenvalue weighted by Gasteiger charge is -2.28. The van der Waals surface area contributed by atoms with Crippen LogP contribution >= 0.6 is 0 Å². The quantitative estimate of drug-likeness (QED) is 0.530. The minimum Gasteiger partial charge on any atom is -0.507 e. The molecule has 0 saturated carbocycles. The highest BCUT2D eigenvalue weighted by atomic mass is 16.5. The van der Waals surface area contributed by atoms with Crippen molar-refractivity contribution in [2.45, 2.75) is 91.1 Å². The van der Waals surface area contributed by atoms with Crippen LogP contribution in [0.5, 0.6) is 5.75 Å². The van der Waals surface area contributed by atoms with Crippen LogP contribution in [-0.4, -0.2) is 28.3 Å². The summed E-state index contributed by atoms with van der Waals surface area (Å²) in [4.78, 5) is 21.9. The van der Waals surface area contributed by atoms with Gasteiger partial charge in [0.15, 0.2) is 0 Å². The molecule has 5 heteroatoms. The van der Waals surface area contributed by atoms with Gasteiger partial charge in [-0.1, -0.05) is 53.7 Å². The third-order valence-electron chi connectivity index (χ3n) is 4.49. The van der Waals surface area contributed by atoms with Crippen molar-refractivity contribution in [3.63, 3.8) is 0 Å². The maximum atomic E-state index is 11.4. The van der Waals surface area contributed by atoms with E-state index in [1.165, 1.54) is 0 Å². The number of rotatable bonds is 7. The molecule has 0 amide bonds. The van der Waals surface area contributed by atoms with Gasteiger partial charge in [0.2, 0.25) is 0 Å². The van der Waals surface area contributed by atoms with Crippen LogP contribution in [-0.2, 0) is 31.6 Å². The fraction of sp³-hybridized carbons (Fsp3) is 0.636. The summed E-state index contributed by atoms with van der Waals surface area (Å²) in [7, 11) is 0.